The van der Waals surface area contributed by atoms with Crippen LogP contribution in [0.15, 0.2) is 170 Å². The van der Waals surface area contributed by atoms with E-state index in [9.17, 15) is 0 Å². The number of hydrogen-bond donors (Lipinski definition) is 0. The van der Waals surface area contributed by atoms with E-state index in [4.69, 9.17) is 14.8 Å². The standard InChI is InChI=1S/C43H28N6O/c1-4-15-40-35(11-1)37-22-21-34(26-41(37)49(40)42-16-5-6-23-44-42)50-33-10-7-9-32(25-33)47-28-30(27-46-47)29-17-19-31(20-18-29)48-39-14-3-2-12-36(39)38-13-8-24-45-43(38)48/h1-28H. The van der Waals surface area contributed by atoms with Gasteiger partial charge in [0.25, 0.3) is 0 Å². The van der Waals surface area contributed by atoms with Gasteiger partial charge in [0.15, 0.2) is 0 Å². The van der Waals surface area contributed by atoms with Crippen LogP contribution in [-0.2, 0) is 0 Å². The molecular formula is C43H28N6O. The van der Waals surface area contributed by atoms with E-state index in [0.29, 0.717) is 0 Å². The Labute approximate surface area is 286 Å². The van der Waals surface area contributed by atoms with Crippen LogP contribution in [0.5, 0.6) is 11.5 Å². The van der Waals surface area contributed by atoms with Crippen molar-refractivity contribution in [1.29, 1.82) is 0 Å². The number of para-hydroxylation sites is 2. The van der Waals surface area contributed by atoms with Crippen LogP contribution >= 0.6 is 0 Å². The van der Waals surface area contributed by atoms with E-state index in [0.717, 1.165) is 72.8 Å². The largest absolute Gasteiger partial charge is 0.457 e. The summed E-state index contributed by atoms with van der Waals surface area (Å²) in [6.07, 6.45) is 7.62. The summed E-state index contributed by atoms with van der Waals surface area (Å²) in [7, 11) is 0. The van der Waals surface area contributed by atoms with E-state index in [-0.39, 0.29) is 0 Å². The van der Waals surface area contributed by atoms with Gasteiger partial charge in [-0.25, -0.2) is 14.6 Å². The Morgan fingerprint density at radius 3 is 2.02 bits per heavy atom. The molecule has 0 atom stereocenters. The van der Waals surface area contributed by atoms with Gasteiger partial charge < -0.3 is 4.74 Å². The van der Waals surface area contributed by atoms with E-state index in [1.807, 2.05) is 84.1 Å². The van der Waals surface area contributed by atoms with Crippen LogP contribution in [0.3, 0.4) is 0 Å². The lowest BCUT2D eigenvalue weighted by atomic mass is 10.1. The summed E-state index contributed by atoms with van der Waals surface area (Å²) in [5.41, 5.74) is 8.31. The van der Waals surface area contributed by atoms with Crippen LogP contribution in [0.25, 0.3) is 72.1 Å². The Balaban J connectivity index is 0.946. The molecule has 0 aliphatic rings. The molecule has 10 rings (SSSR count). The molecular weight excluding hydrogens is 617 g/mol. The van der Waals surface area contributed by atoms with Gasteiger partial charge in [-0.1, -0.05) is 60.7 Å². The molecule has 0 bridgehead atoms. The first kappa shape index (κ1) is 28.1. The van der Waals surface area contributed by atoms with Crippen molar-refractivity contribution in [3.8, 4) is 39.8 Å². The fourth-order valence-electron chi connectivity index (χ4n) is 7.05. The summed E-state index contributed by atoms with van der Waals surface area (Å²) in [6.45, 7) is 0. The number of fused-ring (bicyclic) bond motifs is 6. The minimum Gasteiger partial charge on any atom is -0.457 e. The van der Waals surface area contributed by atoms with E-state index < -0.39 is 0 Å². The van der Waals surface area contributed by atoms with Gasteiger partial charge in [-0.2, -0.15) is 5.10 Å². The third-order valence-corrected chi connectivity index (χ3v) is 9.32. The van der Waals surface area contributed by atoms with Crippen LogP contribution in [0.4, 0.5) is 0 Å². The maximum Gasteiger partial charge on any atom is 0.145 e. The molecule has 236 valence electrons. The van der Waals surface area contributed by atoms with Crippen molar-refractivity contribution < 1.29 is 4.74 Å². The molecule has 50 heavy (non-hydrogen) atoms. The number of ether oxygens (including phenoxy) is 1. The first-order valence-electron chi connectivity index (χ1n) is 16.5. The summed E-state index contributed by atoms with van der Waals surface area (Å²) in [6, 6.07) is 49.7. The van der Waals surface area contributed by atoms with Crippen LogP contribution in [-0.4, -0.2) is 28.9 Å². The van der Waals surface area contributed by atoms with Gasteiger partial charge in [-0.05, 0) is 78.4 Å². The third-order valence-electron chi connectivity index (χ3n) is 9.32. The maximum absolute atomic E-state index is 6.45. The molecule has 0 unspecified atom stereocenters. The Morgan fingerprint density at radius 1 is 0.460 bits per heavy atom. The molecule has 10 aromatic rings. The van der Waals surface area contributed by atoms with Crippen molar-refractivity contribution >= 4 is 43.7 Å². The van der Waals surface area contributed by atoms with Crippen LogP contribution in [0.2, 0.25) is 0 Å². The van der Waals surface area contributed by atoms with Crippen molar-refractivity contribution in [2.24, 2.45) is 0 Å². The van der Waals surface area contributed by atoms with Gasteiger partial charge in [-0.3, -0.25) is 9.13 Å². The molecule has 0 aliphatic heterocycles. The van der Waals surface area contributed by atoms with Crippen molar-refractivity contribution in [3.05, 3.63) is 170 Å². The second-order valence-corrected chi connectivity index (χ2v) is 12.3. The van der Waals surface area contributed by atoms with E-state index >= 15 is 0 Å². The van der Waals surface area contributed by atoms with E-state index in [2.05, 4.69) is 105 Å². The maximum atomic E-state index is 6.45. The molecule has 0 spiro atoms. The first-order valence-corrected chi connectivity index (χ1v) is 16.5. The fourth-order valence-corrected chi connectivity index (χ4v) is 7.05. The zero-order chi connectivity index (χ0) is 33.0. The lowest BCUT2D eigenvalue weighted by Crippen LogP contribution is -1.97. The number of pyridine rings is 2. The molecule has 0 amide bonds. The zero-order valence-corrected chi connectivity index (χ0v) is 26.8. The minimum absolute atomic E-state index is 0.725. The highest BCUT2D eigenvalue weighted by atomic mass is 16.5. The number of aromatic nitrogens is 6. The van der Waals surface area contributed by atoms with Crippen molar-refractivity contribution in [1.82, 2.24) is 28.9 Å². The number of benzene rings is 5. The van der Waals surface area contributed by atoms with Gasteiger partial charge in [-0.15, -0.1) is 0 Å². The molecule has 7 nitrogen and oxygen atoms in total. The second-order valence-electron chi connectivity index (χ2n) is 12.3. The highest BCUT2D eigenvalue weighted by molar-refractivity contribution is 6.09. The van der Waals surface area contributed by atoms with Crippen LogP contribution < -0.4 is 4.74 Å². The van der Waals surface area contributed by atoms with Crippen molar-refractivity contribution in [3.63, 3.8) is 0 Å². The monoisotopic (exact) mass is 644 g/mol. The molecule has 5 aromatic carbocycles. The Bertz CT molecular complexity index is 2790. The summed E-state index contributed by atoms with van der Waals surface area (Å²) < 4.78 is 12.7. The van der Waals surface area contributed by atoms with Crippen LogP contribution in [0, 0.1) is 0 Å². The topological polar surface area (TPSA) is 62.7 Å². The summed E-state index contributed by atoms with van der Waals surface area (Å²) in [4.78, 5) is 9.37. The average Bonchev–Trinajstić information content (AvgIpc) is 3.89. The van der Waals surface area contributed by atoms with Crippen molar-refractivity contribution in [2.45, 2.75) is 0 Å². The molecule has 0 saturated heterocycles. The highest BCUT2D eigenvalue weighted by Crippen LogP contribution is 2.36. The molecule has 0 aliphatic carbocycles. The van der Waals surface area contributed by atoms with Gasteiger partial charge in [0.1, 0.15) is 23.0 Å². The highest BCUT2D eigenvalue weighted by Gasteiger charge is 2.15. The lowest BCUT2D eigenvalue weighted by molar-refractivity contribution is 0.483. The molecule has 0 radical (unpaired) electrons. The normalized spacial score (nSPS) is 11.6. The Hall–Kier alpha value is -6.99. The molecule has 5 aromatic heterocycles. The molecule has 0 saturated carbocycles. The van der Waals surface area contributed by atoms with Crippen LogP contribution in [0.1, 0.15) is 0 Å². The molecule has 0 N–H and O–H groups in total. The van der Waals surface area contributed by atoms with Gasteiger partial charge >= 0.3 is 0 Å². The SMILES string of the molecule is c1ccc(-n2c3ccccc3c3ccc(Oc4cccc(-n5cc(-c6ccc(-n7c8ccccc8c8cccnc87)cc6)cn5)c4)cc32)nc1. The van der Waals surface area contributed by atoms with Crippen molar-refractivity contribution in [2.75, 3.05) is 0 Å². The van der Waals surface area contributed by atoms with E-state index in [1.165, 1.54) is 10.8 Å². The molecule has 0 fully saturated rings. The number of hydrogen-bond acceptors (Lipinski definition) is 4. The first-order chi connectivity index (χ1) is 24.8. The summed E-state index contributed by atoms with van der Waals surface area (Å²) in [5, 5.41) is 9.38. The van der Waals surface area contributed by atoms with Gasteiger partial charge in [0.05, 0.1) is 28.4 Å². The third kappa shape index (κ3) is 4.56. The summed E-state index contributed by atoms with van der Waals surface area (Å²) >= 11 is 0. The minimum atomic E-state index is 0.725. The Kier molecular flexibility index (Phi) is 6.35. The van der Waals surface area contributed by atoms with Gasteiger partial charge in [0.2, 0.25) is 0 Å². The average molecular weight is 645 g/mol. The predicted octanol–water partition coefficient (Wildman–Crippen LogP) is 10.3. The number of nitrogens with zero attached hydrogens (tertiary/aromatic N) is 6. The fraction of sp³-hybridized carbons (Fsp3) is 0. The zero-order valence-electron chi connectivity index (χ0n) is 26.8. The predicted molar refractivity (Wildman–Crippen MR) is 200 cm³/mol. The van der Waals surface area contributed by atoms with Gasteiger partial charge in [0, 0.05) is 63.5 Å². The molecule has 7 heteroatoms. The smallest absolute Gasteiger partial charge is 0.145 e. The number of rotatable bonds is 6. The lowest BCUT2D eigenvalue weighted by Gasteiger charge is -2.10. The Morgan fingerprint density at radius 2 is 1.18 bits per heavy atom. The summed E-state index contributed by atoms with van der Waals surface area (Å²) in [5.74, 6) is 2.34. The molecule has 5 heterocycles. The second kappa shape index (κ2) is 11.3. The quantitative estimate of drug-likeness (QED) is 0.181. The van der Waals surface area contributed by atoms with E-state index in [1.54, 1.807) is 0 Å².